The Bertz CT molecular complexity index is 2010. The van der Waals surface area contributed by atoms with Crippen molar-refractivity contribution in [2.75, 3.05) is 0 Å². The van der Waals surface area contributed by atoms with Gasteiger partial charge in [-0.25, -0.2) is 0 Å². The van der Waals surface area contributed by atoms with Crippen molar-refractivity contribution < 1.29 is 29.6 Å². The molecule has 0 amide bonds. The SMILES string of the molecule is CC/C=C\C/C=C\C/C=C\C/C=C\C/C=C\C/C=C\CCC(=O)O.CC/C=C\C/C=C\C/C=C\C/C=C\C/C=C\CCCC(=O)O.Cc1c(C)c2c(c(C)c1O)CCC(C)(CCC[C@H](C)CCC[C@H](C)CCCC(C)C)O2. The maximum absolute atomic E-state index is 10.4. The molecule has 1 aliphatic heterocycles. The molecule has 3 N–H and O–H groups in total. The van der Waals surface area contributed by atoms with Gasteiger partial charge in [-0.3, -0.25) is 9.59 Å². The first-order valence-corrected chi connectivity index (χ1v) is 30.2. The Morgan fingerprint density at radius 3 is 1.23 bits per heavy atom. The number of allylic oxidation sites excluding steroid dienone is 22. The van der Waals surface area contributed by atoms with E-state index in [9.17, 15) is 14.7 Å². The summed E-state index contributed by atoms with van der Waals surface area (Å²) in [5, 5.41) is 27.4. The van der Waals surface area contributed by atoms with Gasteiger partial charge in [-0.2, -0.15) is 0 Å². The molecule has 0 bridgehead atoms. The van der Waals surface area contributed by atoms with Gasteiger partial charge in [0.15, 0.2) is 0 Å². The van der Waals surface area contributed by atoms with Crippen LogP contribution in [0.25, 0.3) is 0 Å². The molecule has 1 aromatic rings. The molecule has 6 nitrogen and oxygen atoms in total. The fourth-order valence-electron chi connectivity index (χ4n) is 8.86. The highest BCUT2D eigenvalue weighted by Gasteiger charge is 2.34. The highest BCUT2D eigenvalue weighted by atomic mass is 16.5. The number of carbonyl (C=O) groups is 2. The maximum Gasteiger partial charge on any atom is 0.303 e. The Labute approximate surface area is 472 Å². The van der Waals surface area contributed by atoms with Crippen LogP contribution in [-0.4, -0.2) is 32.9 Å². The number of phenols is 1. The van der Waals surface area contributed by atoms with Crippen molar-refractivity contribution >= 4 is 11.9 Å². The van der Waals surface area contributed by atoms with E-state index < -0.39 is 11.9 Å². The van der Waals surface area contributed by atoms with E-state index in [0.717, 1.165) is 143 Å². The number of hydrogen-bond acceptors (Lipinski definition) is 4. The second kappa shape index (κ2) is 49.2. The summed E-state index contributed by atoms with van der Waals surface area (Å²) in [5.41, 5.74) is 4.23. The van der Waals surface area contributed by atoms with E-state index in [0.29, 0.717) is 12.2 Å². The molecule has 1 heterocycles. The second-order valence-corrected chi connectivity index (χ2v) is 21.8. The lowest BCUT2D eigenvalue weighted by molar-refractivity contribution is -0.138. The molecule has 0 saturated heterocycles. The first-order valence-electron chi connectivity index (χ1n) is 30.2. The van der Waals surface area contributed by atoms with Gasteiger partial charge < -0.3 is 20.1 Å². The number of benzene rings is 1. The van der Waals surface area contributed by atoms with Crippen LogP contribution in [0.3, 0.4) is 0 Å². The van der Waals surface area contributed by atoms with Crippen molar-refractivity contribution in [3.8, 4) is 11.5 Å². The van der Waals surface area contributed by atoms with Gasteiger partial charge in [-0.05, 0) is 178 Å². The van der Waals surface area contributed by atoms with Crippen molar-refractivity contribution in [2.45, 2.75) is 248 Å². The van der Waals surface area contributed by atoms with E-state index in [2.05, 4.69) is 177 Å². The van der Waals surface area contributed by atoms with Crippen molar-refractivity contribution in [1.29, 1.82) is 0 Å². The van der Waals surface area contributed by atoms with Crippen LogP contribution in [-0.2, 0) is 16.0 Å². The molecule has 0 saturated carbocycles. The van der Waals surface area contributed by atoms with E-state index in [1.807, 2.05) is 26.0 Å². The van der Waals surface area contributed by atoms with E-state index >= 15 is 0 Å². The first kappa shape index (κ1) is 71.9. The van der Waals surface area contributed by atoms with Gasteiger partial charge in [0.2, 0.25) is 0 Å². The number of aliphatic carboxylic acids is 2. The topological polar surface area (TPSA) is 104 Å². The number of aromatic hydroxyl groups is 1. The van der Waals surface area contributed by atoms with Crippen molar-refractivity contribution in [3.63, 3.8) is 0 Å². The van der Waals surface area contributed by atoms with Gasteiger partial charge in [-0.1, -0.05) is 220 Å². The third-order valence-corrected chi connectivity index (χ3v) is 13.9. The zero-order valence-electron chi connectivity index (χ0n) is 50.6. The third-order valence-electron chi connectivity index (χ3n) is 13.9. The summed E-state index contributed by atoms with van der Waals surface area (Å²) in [7, 11) is 0. The average Bonchev–Trinajstić information content (AvgIpc) is 3.39. The Hall–Kier alpha value is -5.10. The Kier molecular flexibility index (Phi) is 46.0. The van der Waals surface area contributed by atoms with Crippen molar-refractivity contribution in [2.24, 2.45) is 17.8 Å². The lowest BCUT2D eigenvalue weighted by Crippen LogP contribution is -2.37. The van der Waals surface area contributed by atoms with Gasteiger partial charge in [0.1, 0.15) is 17.1 Å². The summed E-state index contributed by atoms with van der Waals surface area (Å²) in [6.07, 6.45) is 74.9. The minimum absolute atomic E-state index is 0.0712. The quantitative estimate of drug-likeness (QED) is 0.0448. The largest absolute Gasteiger partial charge is 0.507 e. The van der Waals surface area contributed by atoms with Gasteiger partial charge in [0, 0.05) is 18.4 Å². The Morgan fingerprint density at radius 1 is 0.481 bits per heavy atom. The average molecular weight is 1060 g/mol. The fourth-order valence-corrected chi connectivity index (χ4v) is 8.86. The smallest absolute Gasteiger partial charge is 0.303 e. The number of unbranched alkanes of at least 4 members (excludes halogenated alkanes) is 1. The number of phenolic OH excluding ortho intramolecular Hbond substituents is 1. The number of carboxylic acid groups (broad SMARTS) is 2. The normalized spacial score (nSPS) is 15.9. The summed E-state index contributed by atoms with van der Waals surface area (Å²) in [6, 6.07) is 0. The summed E-state index contributed by atoms with van der Waals surface area (Å²) in [5.74, 6) is 2.58. The number of carboxylic acids is 2. The predicted octanol–water partition coefficient (Wildman–Crippen LogP) is 21.4. The second-order valence-electron chi connectivity index (χ2n) is 21.8. The van der Waals surface area contributed by atoms with Crippen LogP contribution in [0.1, 0.15) is 238 Å². The molecule has 1 aromatic carbocycles. The number of fused-ring (bicyclic) bond motifs is 1. The minimum Gasteiger partial charge on any atom is -0.507 e. The summed E-state index contributed by atoms with van der Waals surface area (Å²) in [4.78, 5) is 20.6. The fraction of sp³-hybridized carbons (Fsp3) is 0.577. The van der Waals surface area contributed by atoms with Gasteiger partial charge >= 0.3 is 11.9 Å². The van der Waals surface area contributed by atoms with Crippen LogP contribution >= 0.6 is 0 Å². The van der Waals surface area contributed by atoms with E-state index in [4.69, 9.17) is 14.9 Å². The third kappa shape index (κ3) is 42.6. The van der Waals surface area contributed by atoms with Gasteiger partial charge in [0.05, 0.1) is 0 Å². The highest BCUT2D eigenvalue weighted by molar-refractivity contribution is 5.67. The molecule has 0 radical (unpaired) electrons. The summed E-state index contributed by atoms with van der Waals surface area (Å²) < 4.78 is 6.60. The van der Waals surface area contributed by atoms with Crippen molar-refractivity contribution in [3.05, 3.63) is 156 Å². The van der Waals surface area contributed by atoms with Crippen LogP contribution in [0.5, 0.6) is 11.5 Å². The molecule has 432 valence electrons. The molecule has 3 atom stereocenters. The van der Waals surface area contributed by atoms with Crippen LogP contribution < -0.4 is 4.74 Å². The van der Waals surface area contributed by atoms with Crippen molar-refractivity contribution in [1.82, 2.24) is 0 Å². The first-order chi connectivity index (χ1) is 37.1. The van der Waals surface area contributed by atoms with E-state index in [1.54, 1.807) is 0 Å². The molecule has 6 heteroatoms. The molecular formula is C71H112O6. The van der Waals surface area contributed by atoms with Crippen LogP contribution in [0.4, 0.5) is 0 Å². The standard InChI is InChI=1S/C29H50O2.C22H32O2.C20H30O2/c1-20(2)12-9-13-21(3)14-10-15-22(4)16-11-18-29(8)19-17-26-25(7)27(30)23(5)24(6)28(26)31-29;1-2-3-4-5-6-7-8-9-10-11-12-13-14-15-16-17-18-19-20-21-22(23)24;1-2-3-4-5-6-7-8-9-10-11-12-13-14-15-16-17-18-19-20(21)22/h20-22,30H,9-19H2,1-8H3;3-4,6-7,9-10,12-13,15-16,18-19H,2,5,8,11,14,17,20-21H2,1H3,(H,23,24);3-4,6-7,9-10,12-13,15-16H,2,5,8,11,14,17-19H2,1H3,(H,21,22)/b;4-3-,7-6-,10-9-,13-12-,16-15-,19-18-;4-3-,7-6-,10-9-,13-12-,16-15-/t21-,22-,29?;;/m1../s1. The lowest BCUT2D eigenvalue weighted by Gasteiger charge is -2.38. The van der Waals surface area contributed by atoms with E-state index in [1.165, 1.54) is 56.9 Å². The molecular weight excluding hydrogens is 949 g/mol. The summed E-state index contributed by atoms with van der Waals surface area (Å²) in [6.45, 7) is 22.2. The maximum atomic E-state index is 10.4. The van der Waals surface area contributed by atoms with E-state index in [-0.39, 0.29) is 18.4 Å². The van der Waals surface area contributed by atoms with Crippen LogP contribution in [0, 0.1) is 38.5 Å². The highest BCUT2D eigenvalue weighted by Crippen LogP contribution is 2.44. The van der Waals surface area contributed by atoms with Gasteiger partial charge in [0.25, 0.3) is 0 Å². The molecule has 0 aromatic heterocycles. The molecule has 1 aliphatic rings. The van der Waals surface area contributed by atoms with Gasteiger partial charge in [-0.15, -0.1) is 0 Å². The lowest BCUT2D eigenvalue weighted by atomic mass is 9.84. The minimum atomic E-state index is -0.741. The molecule has 77 heavy (non-hydrogen) atoms. The summed E-state index contributed by atoms with van der Waals surface area (Å²) >= 11 is 0. The molecule has 1 unspecified atom stereocenters. The predicted molar refractivity (Wildman–Crippen MR) is 335 cm³/mol. The molecule has 0 spiro atoms. The Morgan fingerprint density at radius 2 is 0.844 bits per heavy atom. The zero-order chi connectivity index (χ0) is 57.2. The van der Waals surface area contributed by atoms with Crippen LogP contribution in [0.15, 0.2) is 134 Å². The number of ether oxygens (including phenoxy) is 1. The number of rotatable bonds is 39. The molecule has 0 aliphatic carbocycles. The zero-order valence-corrected chi connectivity index (χ0v) is 50.6. The Balaban J connectivity index is 0.00000115. The number of hydrogen-bond donors (Lipinski definition) is 3. The molecule has 0 fully saturated rings. The van der Waals surface area contributed by atoms with Crippen LogP contribution in [0.2, 0.25) is 0 Å². The monoisotopic (exact) mass is 1060 g/mol. The molecule has 2 rings (SSSR count).